The van der Waals surface area contributed by atoms with E-state index in [1.54, 1.807) is 34.9 Å². The molecule has 0 amide bonds. The van der Waals surface area contributed by atoms with Crippen molar-refractivity contribution in [2.45, 2.75) is 20.0 Å². The number of ether oxygens (including phenoxy) is 1. The van der Waals surface area contributed by atoms with Gasteiger partial charge < -0.3 is 9.64 Å². The molecule has 4 aromatic rings. The summed E-state index contributed by atoms with van der Waals surface area (Å²) in [5, 5.41) is 0.393. The number of carbonyl (C=O) groups excluding carboxylic acids is 1. The Bertz CT molecular complexity index is 1330. The number of anilines is 1. The van der Waals surface area contributed by atoms with E-state index in [-0.39, 0.29) is 17.9 Å². The fourth-order valence-electron chi connectivity index (χ4n) is 3.74. The van der Waals surface area contributed by atoms with E-state index in [2.05, 4.69) is 0 Å². The number of nitrogens with zero attached hydrogens (tertiary/aromatic N) is 3. The fraction of sp³-hybridized carbons (Fsp3) is 0.192. The van der Waals surface area contributed by atoms with Gasteiger partial charge in [-0.05, 0) is 48.4 Å². The van der Waals surface area contributed by atoms with E-state index in [9.17, 15) is 14.0 Å². The fourth-order valence-corrected chi connectivity index (χ4v) is 3.74. The summed E-state index contributed by atoms with van der Waals surface area (Å²) in [5.41, 5.74) is 2.36. The van der Waals surface area contributed by atoms with Gasteiger partial charge in [0, 0.05) is 13.1 Å². The number of hydrogen-bond donors (Lipinski definition) is 0. The van der Waals surface area contributed by atoms with Gasteiger partial charge in [0.2, 0.25) is 5.95 Å². The zero-order chi connectivity index (χ0) is 23.4. The Hall–Kier alpha value is -4.00. The number of methoxy groups -OCH3 is 1. The van der Waals surface area contributed by atoms with Crippen LogP contribution >= 0.6 is 0 Å². The maximum absolute atomic E-state index is 13.6. The van der Waals surface area contributed by atoms with Gasteiger partial charge in [0.25, 0.3) is 5.56 Å². The first-order valence-corrected chi connectivity index (χ1v) is 10.7. The van der Waals surface area contributed by atoms with Crippen LogP contribution in [0.5, 0.6) is 0 Å². The molecule has 0 fully saturated rings. The van der Waals surface area contributed by atoms with Crippen molar-refractivity contribution in [3.8, 4) is 0 Å². The van der Waals surface area contributed by atoms with Gasteiger partial charge in [-0.25, -0.2) is 14.2 Å². The van der Waals surface area contributed by atoms with E-state index in [1.165, 1.54) is 19.2 Å². The van der Waals surface area contributed by atoms with Crippen molar-refractivity contribution < 1.29 is 13.9 Å². The average molecular weight is 445 g/mol. The monoisotopic (exact) mass is 445 g/mol. The Morgan fingerprint density at radius 3 is 2.42 bits per heavy atom. The number of carbonyl (C=O) groups is 1. The molecule has 0 unspecified atom stereocenters. The van der Waals surface area contributed by atoms with E-state index in [1.807, 2.05) is 42.2 Å². The first-order valence-electron chi connectivity index (χ1n) is 10.7. The molecule has 0 saturated heterocycles. The second-order valence-electron chi connectivity index (χ2n) is 7.65. The largest absolute Gasteiger partial charge is 0.465 e. The molecule has 0 aliphatic rings. The van der Waals surface area contributed by atoms with Crippen molar-refractivity contribution >= 4 is 22.8 Å². The van der Waals surface area contributed by atoms with Crippen molar-refractivity contribution in [1.29, 1.82) is 0 Å². The Labute approximate surface area is 190 Å². The average Bonchev–Trinajstić information content (AvgIpc) is 2.85. The van der Waals surface area contributed by atoms with Gasteiger partial charge in [0.1, 0.15) is 5.82 Å². The zero-order valence-corrected chi connectivity index (χ0v) is 18.5. The highest BCUT2D eigenvalue weighted by Crippen LogP contribution is 2.20. The highest BCUT2D eigenvalue weighted by atomic mass is 19.1. The van der Waals surface area contributed by atoms with Gasteiger partial charge in [-0.15, -0.1) is 0 Å². The molecule has 7 heteroatoms. The maximum Gasteiger partial charge on any atom is 0.337 e. The van der Waals surface area contributed by atoms with Crippen LogP contribution in [-0.2, 0) is 17.8 Å². The second kappa shape index (κ2) is 9.65. The van der Waals surface area contributed by atoms with Crippen LogP contribution in [0.3, 0.4) is 0 Å². The number of esters is 1. The minimum Gasteiger partial charge on any atom is -0.465 e. The maximum atomic E-state index is 13.6. The summed E-state index contributed by atoms with van der Waals surface area (Å²) < 4.78 is 19.8. The molecule has 6 nitrogen and oxygen atoms in total. The number of benzene rings is 3. The molecule has 0 radical (unpaired) electrons. The van der Waals surface area contributed by atoms with E-state index >= 15 is 0 Å². The Balaban J connectivity index is 1.87. The first-order chi connectivity index (χ1) is 16.0. The van der Waals surface area contributed by atoms with Gasteiger partial charge >= 0.3 is 5.97 Å². The SMILES string of the molecule is CCN(Cc1ccccc1)c1nc2cc(C(=O)OC)ccc2c(=O)n1Cc1ccc(F)cc1. The van der Waals surface area contributed by atoms with Crippen LogP contribution in [0, 0.1) is 5.82 Å². The summed E-state index contributed by atoms with van der Waals surface area (Å²) in [5.74, 6) is -0.352. The zero-order valence-electron chi connectivity index (χ0n) is 18.5. The van der Waals surface area contributed by atoms with Crippen molar-refractivity contribution in [2.24, 2.45) is 0 Å². The summed E-state index contributed by atoms with van der Waals surface area (Å²) in [7, 11) is 1.31. The van der Waals surface area contributed by atoms with Crippen molar-refractivity contribution in [3.63, 3.8) is 0 Å². The summed E-state index contributed by atoms with van der Waals surface area (Å²) in [4.78, 5) is 32.4. The quantitative estimate of drug-likeness (QED) is 0.395. The van der Waals surface area contributed by atoms with Crippen LogP contribution in [0.1, 0.15) is 28.4 Å². The van der Waals surface area contributed by atoms with E-state index in [0.717, 1.165) is 11.1 Å². The molecule has 33 heavy (non-hydrogen) atoms. The molecular formula is C26H24FN3O3. The van der Waals surface area contributed by atoms with Gasteiger partial charge in [0.05, 0.1) is 30.1 Å². The molecule has 168 valence electrons. The Morgan fingerprint density at radius 2 is 1.76 bits per heavy atom. The summed E-state index contributed by atoms with van der Waals surface area (Å²) >= 11 is 0. The molecule has 3 aromatic carbocycles. The Morgan fingerprint density at radius 1 is 1.03 bits per heavy atom. The summed E-state index contributed by atoms with van der Waals surface area (Å²) in [6.07, 6.45) is 0. The molecule has 0 bridgehead atoms. The lowest BCUT2D eigenvalue weighted by molar-refractivity contribution is 0.0601. The topological polar surface area (TPSA) is 64.4 Å². The Kier molecular flexibility index (Phi) is 6.49. The van der Waals surface area contributed by atoms with Gasteiger partial charge in [0.15, 0.2) is 0 Å². The molecule has 1 aromatic heterocycles. The van der Waals surface area contributed by atoms with Crippen LogP contribution in [0.15, 0.2) is 77.6 Å². The smallest absolute Gasteiger partial charge is 0.337 e. The van der Waals surface area contributed by atoms with E-state index in [0.29, 0.717) is 35.5 Å². The molecular weight excluding hydrogens is 421 g/mol. The normalized spacial score (nSPS) is 10.9. The molecule has 0 aliphatic heterocycles. The lowest BCUT2D eigenvalue weighted by Gasteiger charge is -2.26. The predicted molar refractivity (Wildman–Crippen MR) is 126 cm³/mol. The van der Waals surface area contributed by atoms with Crippen molar-refractivity contribution in [2.75, 3.05) is 18.6 Å². The van der Waals surface area contributed by atoms with Crippen LogP contribution in [0.4, 0.5) is 10.3 Å². The van der Waals surface area contributed by atoms with Crippen LogP contribution < -0.4 is 10.5 Å². The molecule has 1 heterocycles. The molecule has 4 rings (SSSR count). The van der Waals surface area contributed by atoms with Crippen molar-refractivity contribution in [3.05, 3.63) is 106 Å². The lowest BCUT2D eigenvalue weighted by atomic mass is 10.1. The molecule has 0 aliphatic carbocycles. The van der Waals surface area contributed by atoms with Crippen LogP contribution in [-0.4, -0.2) is 29.2 Å². The number of halogens is 1. The minimum atomic E-state index is -0.493. The van der Waals surface area contributed by atoms with Crippen LogP contribution in [0.25, 0.3) is 10.9 Å². The molecule has 0 atom stereocenters. The van der Waals surface area contributed by atoms with Gasteiger partial charge in [-0.2, -0.15) is 0 Å². The number of rotatable bonds is 7. The minimum absolute atomic E-state index is 0.234. The third kappa shape index (κ3) is 4.77. The van der Waals surface area contributed by atoms with Crippen LogP contribution in [0.2, 0.25) is 0 Å². The molecule has 0 N–H and O–H groups in total. The van der Waals surface area contributed by atoms with E-state index < -0.39 is 5.97 Å². The first kappa shape index (κ1) is 22.2. The van der Waals surface area contributed by atoms with E-state index in [4.69, 9.17) is 9.72 Å². The molecule has 0 spiro atoms. The van der Waals surface area contributed by atoms with Crippen molar-refractivity contribution in [1.82, 2.24) is 9.55 Å². The third-order valence-electron chi connectivity index (χ3n) is 5.49. The second-order valence-corrected chi connectivity index (χ2v) is 7.65. The summed E-state index contributed by atoms with van der Waals surface area (Å²) in [6.45, 7) is 3.39. The third-order valence-corrected chi connectivity index (χ3v) is 5.49. The summed E-state index contributed by atoms with van der Waals surface area (Å²) in [6, 6.07) is 20.7. The van der Waals surface area contributed by atoms with Gasteiger partial charge in [-0.3, -0.25) is 9.36 Å². The predicted octanol–water partition coefficient (Wildman–Crippen LogP) is 4.40. The number of aromatic nitrogens is 2. The highest BCUT2D eigenvalue weighted by molar-refractivity contribution is 5.94. The van der Waals surface area contributed by atoms with Gasteiger partial charge in [-0.1, -0.05) is 42.5 Å². The number of fused-ring (bicyclic) bond motifs is 1. The lowest BCUT2D eigenvalue weighted by Crippen LogP contribution is -2.33. The number of hydrogen-bond acceptors (Lipinski definition) is 5. The highest BCUT2D eigenvalue weighted by Gasteiger charge is 2.18. The molecule has 0 saturated carbocycles. The standard InChI is InChI=1S/C26H24FN3O3/c1-3-29(16-18-7-5-4-6-8-18)26-28-23-15-20(25(32)33-2)11-14-22(23)24(31)30(26)17-19-9-12-21(27)13-10-19/h4-15H,3,16-17H2,1-2H3.